The van der Waals surface area contributed by atoms with E-state index in [1.807, 2.05) is 39.5 Å². The van der Waals surface area contributed by atoms with E-state index in [1.54, 1.807) is 0 Å². The average molecular weight is 242 g/mol. The minimum atomic E-state index is -0.358. The van der Waals surface area contributed by atoms with Gasteiger partial charge in [0.1, 0.15) is 0 Å². The van der Waals surface area contributed by atoms with Crippen LogP contribution in [-0.2, 0) is 9.59 Å². The third-order valence-electron chi connectivity index (χ3n) is 2.65. The van der Waals surface area contributed by atoms with Crippen molar-refractivity contribution in [3.05, 3.63) is 0 Å². The highest BCUT2D eigenvalue weighted by atomic mass is 16.2. The SMILES string of the molecule is CCN(CC)C(=O)CCCNC(=O)C(C)(C)C. The maximum absolute atomic E-state index is 11.7. The quantitative estimate of drug-likeness (QED) is 0.722. The highest BCUT2D eigenvalue weighted by Crippen LogP contribution is 2.12. The van der Waals surface area contributed by atoms with Crippen LogP contribution < -0.4 is 5.32 Å². The molecule has 0 unspecified atom stereocenters. The van der Waals surface area contributed by atoms with Gasteiger partial charge in [0.05, 0.1) is 0 Å². The van der Waals surface area contributed by atoms with Crippen LogP contribution in [0.1, 0.15) is 47.5 Å². The number of nitrogens with one attached hydrogen (secondary N) is 1. The van der Waals surface area contributed by atoms with Crippen LogP contribution in [-0.4, -0.2) is 36.3 Å². The van der Waals surface area contributed by atoms with Crippen molar-refractivity contribution >= 4 is 11.8 Å². The summed E-state index contributed by atoms with van der Waals surface area (Å²) in [4.78, 5) is 25.0. The molecular formula is C13H26N2O2. The van der Waals surface area contributed by atoms with Crippen molar-refractivity contribution < 1.29 is 9.59 Å². The molecule has 0 fully saturated rings. The minimum Gasteiger partial charge on any atom is -0.356 e. The number of hydrogen-bond donors (Lipinski definition) is 1. The summed E-state index contributed by atoms with van der Waals surface area (Å²) < 4.78 is 0. The molecule has 100 valence electrons. The molecule has 1 N–H and O–H groups in total. The van der Waals surface area contributed by atoms with Crippen molar-refractivity contribution in [1.82, 2.24) is 10.2 Å². The van der Waals surface area contributed by atoms with Crippen molar-refractivity contribution in [2.24, 2.45) is 5.41 Å². The Morgan fingerprint density at radius 2 is 1.65 bits per heavy atom. The molecule has 17 heavy (non-hydrogen) atoms. The fourth-order valence-corrected chi connectivity index (χ4v) is 1.44. The lowest BCUT2D eigenvalue weighted by atomic mass is 9.96. The molecule has 0 saturated carbocycles. The molecule has 0 aliphatic carbocycles. The first-order chi connectivity index (χ1) is 7.82. The van der Waals surface area contributed by atoms with E-state index in [0.717, 1.165) is 13.1 Å². The van der Waals surface area contributed by atoms with E-state index >= 15 is 0 Å². The zero-order valence-corrected chi connectivity index (χ0v) is 11.8. The zero-order chi connectivity index (χ0) is 13.5. The van der Waals surface area contributed by atoms with Crippen LogP contribution in [0, 0.1) is 5.41 Å². The van der Waals surface area contributed by atoms with Crippen LogP contribution in [0.2, 0.25) is 0 Å². The Bertz CT molecular complexity index is 253. The molecule has 0 rings (SSSR count). The highest BCUT2D eigenvalue weighted by Gasteiger charge is 2.20. The molecule has 2 amide bonds. The fraction of sp³-hybridized carbons (Fsp3) is 0.846. The van der Waals surface area contributed by atoms with Gasteiger partial charge in [-0.3, -0.25) is 9.59 Å². The second-order valence-corrected chi connectivity index (χ2v) is 5.18. The van der Waals surface area contributed by atoms with Crippen LogP contribution >= 0.6 is 0 Å². The summed E-state index contributed by atoms with van der Waals surface area (Å²) in [5.74, 6) is 0.202. The largest absolute Gasteiger partial charge is 0.356 e. The first-order valence-corrected chi connectivity index (χ1v) is 6.39. The van der Waals surface area contributed by atoms with Crippen molar-refractivity contribution in [3.8, 4) is 0 Å². The van der Waals surface area contributed by atoms with Gasteiger partial charge in [0.2, 0.25) is 11.8 Å². The lowest BCUT2D eigenvalue weighted by Gasteiger charge is -2.19. The zero-order valence-electron chi connectivity index (χ0n) is 11.8. The molecule has 0 aromatic rings. The number of nitrogens with zero attached hydrogens (tertiary/aromatic N) is 1. The first-order valence-electron chi connectivity index (χ1n) is 6.39. The number of amides is 2. The van der Waals surface area contributed by atoms with Gasteiger partial charge in [-0.05, 0) is 20.3 Å². The predicted molar refractivity (Wildman–Crippen MR) is 69.6 cm³/mol. The molecule has 4 heteroatoms. The monoisotopic (exact) mass is 242 g/mol. The van der Waals surface area contributed by atoms with Crippen LogP contribution in [0.4, 0.5) is 0 Å². The van der Waals surface area contributed by atoms with Gasteiger partial charge in [-0.1, -0.05) is 20.8 Å². The number of hydrogen-bond acceptors (Lipinski definition) is 2. The minimum absolute atomic E-state index is 0.0350. The third-order valence-corrected chi connectivity index (χ3v) is 2.65. The smallest absolute Gasteiger partial charge is 0.225 e. The molecule has 0 aliphatic rings. The predicted octanol–water partition coefficient (Wildman–Crippen LogP) is 1.80. The highest BCUT2D eigenvalue weighted by molar-refractivity contribution is 5.81. The summed E-state index contributed by atoms with van der Waals surface area (Å²) in [6.07, 6.45) is 1.21. The van der Waals surface area contributed by atoms with Crippen LogP contribution in [0.25, 0.3) is 0 Å². The topological polar surface area (TPSA) is 49.4 Å². The van der Waals surface area contributed by atoms with Crippen LogP contribution in [0.5, 0.6) is 0 Å². The molecule has 0 spiro atoms. The fourth-order valence-electron chi connectivity index (χ4n) is 1.44. The van der Waals surface area contributed by atoms with Gasteiger partial charge in [0.25, 0.3) is 0 Å². The van der Waals surface area contributed by atoms with E-state index in [4.69, 9.17) is 0 Å². The molecule has 0 heterocycles. The van der Waals surface area contributed by atoms with Crippen molar-refractivity contribution in [1.29, 1.82) is 0 Å². The Kier molecular flexibility index (Phi) is 6.85. The Labute approximate surface area is 105 Å². The number of carbonyl (C=O) groups excluding carboxylic acids is 2. The number of carbonyl (C=O) groups is 2. The van der Waals surface area contributed by atoms with Gasteiger partial charge < -0.3 is 10.2 Å². The van der Waals surface area contributed by atoms with Gasteiger partial charge >= 0.3 is 0 Å². The van der Waals surface area contributed by atoms with E-state index < -0.39 is 0 Å². The Morgan fingerprint density at radius 1 is 1.12 bits per heavy atom. The summed E-state index contributed by atoms with van der Waals surface area (Å²) in [6.45, 7) is 11.7. The van der Waals surface area contributed by atoms with E-state index in [2.05, 4.69) is 5.32 Å². The average Bonchev–Trinajstić information content (AvgIpc) is 2.24. The summed E-state index contributed by atoms with van der Waals surface area (Å²) in [6, 6.07) is 0. The second kappa shape index (κ2) is 7.30. The summed E-state index contributed by atoms with van der Waals surface area (Å²) in [5, 5.41) is 2.84. The van der Waals surface area contributed by atoms with Crippen molar-refractivity contribution in [2.75, 3.05) is 19.6 Å². The molecule has 0 atom stereocenters. The van der Waals surface area contributed by atoms with Gasteiger partial charge in [0.15, 0.2) is 0 Å². The van der Waals surface area contributed by atoms with Crippen LogP contribution in [0.15, 0.2) is 0 Å². The van der Waals surface area contributed by atoms with Crippen LogP contribution in [0.3, 0.4) is 0 Å². The van der Waals surface area contributed by atoms with E-state index in [0.29, 0.717) is 19.4 Å². The molecule has 0 aromatic heterocycles. The molecule has 0 saturated heterocycles. The summed E-state index contributed by atoms with van der Waals surface area (Å²) in [5.41, 5.74) is -0.358. The Morgan fingerprint density at radius 3 is 2.06 bits per heavy atom. The molecule has 0 aromatic carbocycles. The standard InChI is InChI=1S/C13H26N2O2/c1-6-15(7-2)11(16)9-8-10-14-12(17)13(3,4)5/h6-10H2,1-5H3,(H,14,17). The molecular weight excluding hydrogens is 216 g/mol. The second-order valence-electron chi connectivity index (χ2n) is 5.18. The van der Waals surface area contributed by atoms with E-state index in [9.17, 15) is 9.59 Å². The maximum atomic E-state index is 11.7. The van der Waals surface area contributed by atoms with E-state index in [1.165, 1.54) is 0 Å². The molecule has 0 bridgehead atoms. The normalized spacial score (nSPS) is 11.1. The maximum Gasteiger partial charge on any atom is 0.225 e. The van der Waals surface area contributed by atoms with Crippen molar-refractivity contribution in [2.45, 2.75) is 47.5 Å². The van der Waals surface area contributed by atoms with Gasteiger partial charge in [-0.2, -0.15) is 0 Å². The Balaban J connectivity index is 3.79. The van der Waals surface area contributed by atoms with E-state index in [-0.39, 0.29) is 17.2 Å². The third kappa shape index (κ3) is 6.29. The summed E-state index contributed by atoms with van der Waals surface area (Å²) >= 11 is 0. The lowest BCUT2D eigenvalue weighted by molar-refractivity contribution is -0.131. The number of rotatable bonds is 6. The van der Waals surface area contributed by atoms with Crippen molar-refractivity contribution in [3.63, 3.8) is 0 Å². The first kappa shape index (κ1) is 15.9. The van der Waals surface area contributed by atoms with Gasteiger partial charge in [-0.25, -0.2) is 0 Å². The molecule has 0 aliphatic heterocycles. The van der Waals surface area contributed by atoms with Gasteiger partial charge in [0, 0.05) is 31.5 Å². The summed E-state index contributed by atoms with van der Waals surface area (Å²) in [7, 11) is 0. The molecule has 0 radical (unpaired) electrons. The molecule has 4 nitrogen and oxygen atoms in total. The lowest BCUT2D eigenvalue weighted by Crippen LogP contribution is -2.36. The Hall–Kier alpha value is -1.06. The van der Waals surface area contributed by atoms with Gasteiger partial charge in [-0.15, -0.1) is 0 Å².